The molecule has 1 aromatic carbocycles. The summed E-state index contributed by atoms with van der Waals surface area (Å²) >= 11 is 0. The number of carbonyl (C=O) groups is 2. The van der Waals surface area contributed by atoms with E-state index in [2.05, 4.69) is 39.8 Å². The van der Waals surface area contributed by atoms with Crippen molar-refractivity contribution in [2.75, 3.05) is 45.8 Å². The van der Waals surface area contributed by atoms with Gasteiger partial charge in [-0.3, -0.25) is 14.5 Å². The van der Waals surface area contributed by atoms with Gasteiger partial charge in [-0.05, 0) is 37.4 Å². The largest absolute Gasteiger partial charge is 0.347 e. The number of halogens is 2. The van der Waals surface area contributed by atoms with Gasteiger partial charge in [-0.1, -0.05) is 30.3 Å². The molecule has 1 unspecified atom stereocenters. The van der Waals surface area contributed by atoms with Crippen LogP contribution in [-0.2, 0) is 16.1 Å². The van der Waals surface area contributed by atoms with Gasteiger partial charge in [0.05, 0.1) is 6.54 Å². The molecule has 2 amide bonds. The van der Waals surface area contributed by atoms with Crippen molar-refractivity contribution in [3.8, 4) is 0 Å². The van der Waals surface area contributed by atoms with Crippen LogP contribution >= 0.6 is 24.8 Å². The van der Waals surface area contributed by atoms with Crippen molar-refractivity contribution in [2.24, 2.45) is 5.92 Å². The van der Waals surface area contributed by atoms with E-state index in [-0.39, 0.29) is 43.2 Å². The quantitative estimate of drug-likeness (QED) is 0.690. The summed E-state index contributed by atoms with van der Waals surface area (Å²) < 4.78 is 0. The van der Waals surface area contributed by atoms with E-state index < -0.39 is 0 Å². The van der Waals surface area contributed by atoms with Crippen LogP contribution in [0.3, 0.4) is 0 Å². The van der Waals surface area contributed by atoms with Gasteiger partial charge in [0.1, 0.15) is 0 Å². The van der Waals surface area contributed by atoms with Crippen molar-refractivity contribution in [1.29, 1.82) is 0 Å². The van der Waals surface area contributed by atoms with Crippen molar-refractivity contribution in [3.05, 3.63) is 35.9 Å². The number of benzene rings is 1. The van der Waals surface area contributed by atoms with Gasteiger partial charge in [-0.25, -0.2) is 0 Å². The average Bonchev–Trinajstić information content (AvgIpc) is 3.19. The predicted octanol–water partition coefficient (Wildman–Crippen LogP) is 1.68. The van der Waals surface area contributed by atoms with Gasteiger partial charge in [0, 0.05) is 39.1 Å². The highest BCUT2D eigenvalue weighted by molar-refractivity contribution is 5.86. The van der Waals surface area contributed by atoms with Crippen molar-refractivity contribution in [3.63, 3.8) is 0 Å². The maximum Gasteiger partial charge on any atom is 0.242 e. The van der Waals surface area contributed by atoms with Crippen LogP contribution in [0.25, 0.3) is 0 Å². The van der Waals surface area contributed by atoms with Crippen LogP contribution in [-0.4, -0.2) is 67.4 Å². The van der Waals surface area contributed by atoms with E-state index in [0.29, 0.717) is 12.3 Å². The summed E-state index contributed by atoms with van der Waals surface area (Å²) in [5.74, 6) is 0.627. The number of hydrogen-bond acceptors (Lipinski definition) is 4. The fourth-order valence-electron chi connectivity index (χ4n) is 3.67. The summed E-state index contributed by atoms with van der Waals surface area (Å²) in [5.41, 5.74) is 1.30. The molecule has 2 aliphatic heterocycles. The first-order valence-corrected chi connectivity index (χ1v) is 9.72. The second-order valence-electron chi connectivity index (χ2n) is 7.32. The van der Waals surface area contributed by atoms with Gasteiger partial charge in [0.25, 0.3) is 0 Å². The Kier molecular flexibility index (Phi) is 11.5. The zero-order valence-electron chi connectivity index (χ0n) is 16.3. The summed E-state index contributed by atoms with van der Waals surface area (Å²) in [6.07, 6.45) is 2.58. The molecular weight excluding hydrogens is 399 g/mol. The Bertz CT molecular complexity index is 589. The summed E-state index contributed by atoms with van der Waals surface area (Å²) in [4.78, 5) is 28.5. The lowest BCUT2D eigenvalue weighted by atomic mass is 10.0. The molecule has 2 saturated heterocycles. The molecule has 1 atom stereocenters. The molecule has 1 aromatic rings. The van der Waals surface area contributed by atoms with E-state index in [1.165, 1.54) is 5.56 Å². The minimum absolute atomic E-state index is 0. The fraction of sp³-hybridized carbons (Fsp3) is 0.600. The number of piperazine rings is 1. The summed E-state index contributed by atoms with van der Waals surface area (Å²) in [5, 5.41) is 6.10. The first kappa shape index (κ1) is 24.7. The van der Waals surface area contributed by atoms with Gasteiger partial charge >= 0.3 is 0 Å². The van der Waals surface area contributed by atoms with Gasteiger partial charge in [-0.2, -0.15) is 0 Å². The molecule has 0 saturated carbocycles. The molecule has 3 rings (SSSR count). The van der Waals surface area contributed by atoms with Crippen LogP contribution in [0.4, 0.5) is 0 Å². The molecule has 8 heteroatoms. The Morgan fingerprint density at radius 2 is 1.79 bits per heavy atom. The predicted molar refractivity (Wildman–Crippen MR) is 116 cm³/mol. The maximum absolute atomic E-state index is 12.3. The van der Waals surface area contributed by atoms with Crippen molar-refractivity contribution < 1.29 is 9.59 Å². The van der Waals surface area contributed by atoms with E-state index in [4.69, 9.17) is 0 Å². The lowest BCUT2D eigenvalue weighted by Gasteiger charge is -2.34. The highest BCUT2D eigenvalue weighted by Crippen LogP contribution is 2.14. The normalized spacial score (nSPS) is 19.4. The smallest absolute Gasteiger partial charge is 0.242 e. The van der Waals surface area contributed by atoms with E-state index in [0.717, 1.165) is 58.7 Å². The molecule has 158 valence electrons. The van der Waals surface area contributed by atoms with Gasteiger partial charge in [0.15, 0.2) is 0 Å². The second-order valence-corrected chi connectivity index (χ2v) is 7.32. The van der Waals surface area contributed by atoms with E-state index >= 15 is 0 Å². The van der Waals surface area contributed by atoms with Crippen LogP contribution in [0.1, 0.15) is 24.8 Å². The molecule has 0 aromatic heterocycles. The number of carbonyl (C=O) groups excluding carboxylic acids is 2. The number of hydrogen-bond donors (Lipinski definition) is 2. The Morgan fingerprint density at radius 3 is 2.43 bits per heavy atom. The third-order valence-electron chi connectivity index (χ3n) is 5.35. The van der Waals surface area contributed by atoms with Crippen molar-refractivity contribution in [2.45, 2.75) is 25.8 Å². The third-order valence-corrected chi connectivity index (χ3v) is 5.35. The van der Waals surface area contributed by atoms with Gasteiger partial charge in [-0.15, -0.1) is 24.8 Å². The van der Waals surface area contributed by atoms with Gasteiger partial charge in [0.2, 0.25) is 11.8 Å². The molecule has 2 fully saturated rings. The minimum Gasteiger partial charge on any atom is -0.347 e. The van der Waals surface area contributed by atoms with E-state index in [1.807, 2.05) is 11.0 Å². The van der Waals surface area contributed by atoms with Crippen LogP contribution in [0.5, 0.6) is 0 Å². The molecule has 2 aliphatic rings. The minimum atomic E-state index is -0.00652. The molecule has 6 nitrogen and oxygen atoms in total. The number of nitrogens with zero attached hydrogens (tertiary/aromatic N) is 2. The molecule has 28 heavy (non-hydrogen) atoms. The molecule has 0 radical (unpaired) electrons. The monoisotopic (exact) mass is 430 g/mol. The Balaban J connectivity index is 0.00000196. The second kappa shape index (κ2) is 13.0. The van der Waals surface area contributed by atoms with E-state index in [1.54, 1.807) is 0 Å². The summed E-state index contributed by atoms with van der Waals surface area (Å²) in [7, 11) is 0. The van der Waals surface area contributed by atoms with Gasteiger partial charge < -0.3 is 15.5 Å². The molecular formula is C20H32Cl2N4O2. The number of rotatable bonds is 7. The maximum atomic E-state index is 12.3. The lowest BCUT2D eigenvalue weighted by Crippen LogP contribution is -2.50. The highest BCUT2D eigenvalue weighted by Gasteiger charge is 2.21. The van der Waals surface area contributed by atoms with Crippen LogP contribution in [0.15, 0.2) is 30.3 Å². The first-order chi connectivity index (χ1) is 12.7. The van der Waals surface area contributed by atoms with Crippen LogP contribution < -0.4 is 10.6 Å². The standard InChI is InChI=1S/C20H30N4O2.2ClH/c25-19(7-6-17-8-9-21-14-17)22-15-20(26)24-12-10-23(11-13-24)16-18-4-2-1-3-5-18;;/h1-5,17,21H,6-16H2,(H,22,25);2*1H. The lowest BCUT2D eigenvalue weighted by molar-refractivity contribution is -0.134. The Hall–Kier alpha value is -1.34. The van der Waals surface area contributed by atoms with Crippen LogP contribution in [0.2, 0.25) is 0 Å². The molecule has 2 heterocycles. The van der Waals surface area contributed by atoms with E-state index in [9.17, 15) is 9.59 Å². The first-order valence-electron chi connectivity index (χ1n) is 9.72. The van der Waals surface area contributed by atoms with Crippen molar-refractivity contribution >= 4 is 36.6 Å². The molecule has 0 spiro atoms. The number of nitrogens with one attached hydrogen (secondary N) is 2. The SMILES string of the molecule is Cl.Cl.O=C(CCC1CCNC1)NCC(=O)N1CCN(Cc2ccccc2)CC1. The molecule has 2 N–H and O–H groups in total. The summed E-state index contributed by atoms with van der Waals surface area (Å²) in [6.45, 7) is 6.34. The highest BCUT2D eigenvalue weighted by atomic mass is 35.5. The Labute approximate surface area is 180 Å². The average molecular weight is 431 g/mol. The topological polar surface area (TPSA) is 64.7 Å². The van der Waals surface area contributed by atoms with Crippen molar-refractivity contribution in [1.82, 2.24) is 20.4 Å². The Morgan fingerprint density at radius 1 is 1.07 bits per heavy atom. The zero-order valence-corrected chi connectivity index (χ0v) is 17.9. The number of amides is 2. The molecule has 0 bridgehead atoms. The van der Waals surface area contributed by atoms with Crippen LogP contribution in [0, 0.1) is 5.92 Å². The summed E-state index contributed by atoms with van der Waals surface area (Å²) in [6, 6.07) is 10.4. The third kappa shape index (κ3) is 7.95. The fourth-order valence-corrected chi connectivity index (χ4v) is 3.67. The zero-order chi connectivity index (χ0) is 18.2. The molecule has 0 aliphatic carbocycles.